The van der Waals surface area contributed by atoms with E-state index < -0.39 is 17.5 Å². The molecule has 0 unspecified atom stereocenters. The van der Waals surface area contributed by atoms with Crippen molar-refractivity contribution >= 4 is 28.8 Å². The molecule has 0 atom stereocenters. The minimum Gasteiger partial charge on any atom is -0.342 e. The maximum absolute atomic E-state index is 13.8. The van der Waals surface area contributed by atoms with Crippen LogP contribution < -0.4 is 5.32 Å². The van der Waals surface area contributed by atoms with E-state index in [1.165, 1.54) is 0 Å². The third-order valence-electron chi connectivity index (χ3n) is 5.45. The molecule has 0 aliphatic carbocycles. The summed E-state index contributed by atoms with van der Waals surface area (Å²) >= 11 is 1.16. The van der Waals surface area contributed by atoms with Gasteiger partial charge in [-0.1, -0.05) is 41.2 Å². The molecule has 1 aromatic heterocycles. The van der Waals surface area contributed by atoms with Gasteiger partial charge in [0, 0.05) is 25.1 Å². The zero-order valence-electron chi connectivity index (χ0n) is 17.5. The van der Waals surface area contributed by atoms with Gasteiger partial charge in [-0.25, -0.2) is 8.78 Å². The third kappa shape index (κ3) is 5.16. The third-order valence-corrected chi connectivity index (χ3v) is 6.53. The van der Waals surface area contributed by atoms with Crippen LogP contribution in [0, 0.1) is 18.6 Å². The molecule has 0 radical (unpaired) electrons. The highest BCUT2D eigenvalue weighted by molar-refractivity contribution is 7.13. The van der Waals surface area contributed by atoms with Gasteiger partial charge in [0.1, 0.15) is 16.6 Å². The topological polar surface area (TPSA) is 75.2 Å². The van der Waals surface area contributed by atoms with Crippen LogP contribution in [0.15, 0.2) is 42.5 Å². The van der Waals surface area contributed by atoms with Crippen LogP contribution in [0.2, 0.25) is 0 Å². The highest BCUT2D eigenvalue weighted by Crippen LogP contribution is 2.30. The first kappa shape index (κ1) is 22.0. The maximum Gasteiger partial charge on any atom is 0.286 e. The number of anilines is 1. The van der Waals surface area contributed by atoms with Crippen LogP contribution >= 0.6 is 11.3 Å². The highest BCUT2D eigenvalue weighted by Gasteiger charge is 2.27. The van der Waals surface area contributed by atoms with Crippen LogP contribution in [0.1, 0.15) is 44.7 Å². The second-order valence-electron chi connectivity index (χ2n) is 7.84. The number of amides is 2. The quantitative estimate of drug-likeness (QED) is 0.620. The van der Waals surface area contributed by atoms with E-state index in [2.05, 4.69) is 15.5 Å². The molecule has 0 spiro atoms. The van der Waals surface area contributed by atoms with Crippen molar-refractivity contribution in [2.24, 2.45) is 0 Å². The number of aryl methyl sites for hydroxylation is 1. The molecule has 1 fully saturated rings. The number of carbonyl (C=O) groups is 2. The molecule has 6 nitrogen and oxygen atoms in total. The summed E-state index contributed by atoms with van der Waals surface area (Å²) < 4.78 is 26.8. The van der Waals surface area contributed by atoms with Crippen molar-refractivity contribution in [3.63, 3.8) is 0 Å². The molecule has 2 amide bonds. The molecule has 3 aromatic rings. The van der Waals surface area contributed by atoms with E-state index in [1.807, 2.05) is 36.1 Å². The van der Waals surface area contributed by atoms with Gasteiger partial charge in [0.25, 0.3) is 5.91 Å². The van der Waals surface area contributed by atoms with E-state index in [0.29, 0.717) is 25.6 Å². The van der Waals surface area contributed by atoms with Gasteiger partial charge in [-0.05, 0) is 37.5 Å². The van der Waals surface area contributed by atoms with Crippen molar-refractivity contribution in [1.29, 1.82) is 0 Å². The Morgan fingerprint density at radius 2 is 1.91 bits per heavy atom. The van der Waals surface area contributed by atoms with Crippen molar-refractivity contribution < 1.29 is 18.4 Å². The van der Waals surface area contributed by atoms with E-state index in [1.54, 1.807) is 0 Å². The first-order chi connectivity index (χ1) is 15.4. The molecule has 1 N–H and O–H groups in total. The maximum atomic E-state index is 13.8. The summed E-state index contributed by atoms with van der Waals surface area (Å²) in [5.74, 6) is -1.95. The Balaban J connectivity index is 1.32. The molecule has 1 saturated heterocycles. The van der Waals surface area contributed by atoms with Crippen LogP contribution in [0.25, 0.3) is 0 Å². The van der Waals surface area contributed by atoms with Crippen LogP contribution in [0.4, 0.5) is 14.5 Å². The predicted molar refractivity (Wildman–Crippen MR) is 118 cm³/mol. The molecule has 2 heterocycles. The lowest BCUT2D eigenvalue weighted by Gasteiger charge is -2.31. The summed E-state index contributed by atoms with van der Waals surface area (Å²) in [6, 6.07) is 10.9. The van der Waals surface area contributed by atoms with Gasteiger partial charge >= 0.3 is 0 Å². The Morgan fingerprint density at radius 1 is 1.12 bits per heavy atom. The summed E-state index contributed by atoms with van der Waals surface area (Å²) in [6.45, 7) is 3.25. The van der Waals surface area contributed by atoms with Gasteiger partial charge in [-0.15, -0.1) is 10.2 Å². The number of hydrogen-bond donors (Lipinski definition) is 1. The minimum atomic E-state index is -0.856. The summed E-state index contributed by atoms with van der Waals surface area (Å²) in [5.41, 5.74) is 2.02. The lowest BCUT2D eigenvalue weighted by molar-refractivity contribution is -0.131. The first-order valence-electron chi connectivity index (χ1n) is 10.3. The van der Waals surface area contributed by atoms with Crippen LogP contribution in [0.3, 0.4) is 0 Å². The van der Waals surface area contributed by atoms with Crippen molar-refractivity contribution in [2.75, 3.05) is 18.4 Å². The number of piperidine rings is 1. The fraction of sp³-hybridized carbons (Fsp3) is 0.304. The molecular formula is C23H22F2N4O2S. The number of hydrogen-bond acceptors (Lipinski definition) is 5. The Hall–Kier alpha value is -3.20. The first-order valence-corrected chi connectivity index (χ1v) is 11.1. The van der Waals surface area contributed by atoms with Crippen molar-refractivity contribution in [3.8, 4) is 0 Å². The fourth-order valence-electron chi connectivity index (χ4n) is 3.74. The number of halogens is 2. The summed E-state index contributed by atoms with van der Waals surface area (Å²) in [5, 5.41) is 11.3. The molecule has 166 valence electrons. The monoisotopic (exact) mass is 456 g/mol. The molecule has 9 heteroatoms. The molecule has 0 saturated carbocycles. The molecule has 4 rings (SSSR count). The van der Waals surface area contributed by atoms with E-state index in [9.17, 15) is 18.4 Å². The average molecular weight is 457 g/mol. The number of likely N-dealkylation sites (tertiary alicyclic amines) is 1. The second kappa shape index (κ2) is 9.52. The smallest absolute Gasteiger partial charge is 0.286 e. The van der Waals surface area contributed by atoms with Crippen LogP contribution in [0.5, 0.6) is 0 Å². The number of benzene rings is 2. The Labute approximate surface area is 188 Å². The summed E-state index contributed by atoms with van der Waals surface area (Å²) in [7, 11) is 0. The average Bonchev–Trinajstić information content (AvgIpc) is 3.26. The zero-order chi connectivity index (χ0) is 22.7. The summed E-state index contributed by atoms with van der Waals surface area (Å²) in [6.07, 6.45) is 1.86. The Bertz CT molecular complexity index is 1140. The van der Waals surface area contributed by atoms with E-state index >= 15 is 0 Å². The fourth-order valence-corrected chi connectivity index (χ4v) is 4.65. The van der Waals surface area contributed by atoms with E-state index in [4.69, 9.17) is 0 Å². The lowest BCUT2D eigenvalue weighted by atomic mass is 9.97. The second-order valence-corrected chi connectivity index (χ2v) is 8.85. The van der Waals surface area contributed by atoms with Gasteiger partial charge in [0.2, 0.25) is 10.9 Å². The van der Waals surface area contributed by atoms with Crippen LogP contribution in [-0.4, -0.2) is 40.0 Å². The molecular weight excluding hydrogens is 434 g/mol. The normalized spacial score (nSPS) is 14.4. The minimum absolute atomic E-state index is 0.104. The highest BCUT2D eigenvalue weighted by atomic mass is 32.1. The van der Waals surface area contributed by atoms with Crippen molar-refractivity contribution in [1.82, 2.24) is 15.1 Å². The SMILES string of the molecule is Cc1cccc(CC(=O)N2CCC(c3nnc(C(=O)Nc4ccc(F)cc4F)s3)CC2)c1. The van der Waals surface area contributed by atoms with E-state index in [-0.39, 0.29) is 22.5 Å². The van der Waals surface area contributed by atoms with Gasteiger partial charge in [-0.2, -0.15) is 0 Å². The summed E-state index contributed by atoms with van der Waals surface area (Å²) in [4.78, 5) is 26.9. The number of aromatic nitrogens is 2. The zero-order valence-corrected chi connectivity index (χ0v) is 18.3. The van der Waals surface area contributed by atoms with Crippen molar-refractivity contribution in [3.05, 3.63) is 75.2 Å². The Kier molecular flexibility index (Phi) is 6.55. The predicted octanol–water partition coefficient (Wildman–Crippen LogP) is 4.33. The largest absolute Gasteiger partial charge is 0.342 e. The van der Waals surface area contributed by atoms with Gasteiger partial charge in [0.15, 0.2) is 0 Å². The number of nitrogens with zero attached hydrogens (tertiary/aromatic N) is 3. The number of rotatable bonds is 5. The number of nitrogens with one attached hydrogen (secondary N) is 1. The molecule has 1 aliphatic rings. The molecule has 32 heavy (non-hydrogen) atoms. The Morgan fingerprint density at radius 3 is 2.62 bits per heavy atom. The van der Waals surface area contributed by atoms with E-state index in [0.717, 1.165) is 52.4 Å². The van der Waals surface area contributed by atoms with Crippen LogP contribution in [-0.2, 0) is 11.2 Å². The molecule has 1 aliphatic heterocycles. The molecule has 0 bridgehead atoms. The van der Waals surface area contributed by atoms with Gasteiger partial charge < -0.3 is 10.2 Å². The molecule has 2 aromatic carbocycles. The van der Waals surface area contributed by atoms with Crippen molar-refractivity contribution in [2.45, 2.75) is 32.1 Å². The number of carbonyl (C=O) groups excluding carboxylic acids is 2. The van der Waals surface area contributed by atoms with Gasteiger partial charge in [0.05, 0.1) is 12.1 Å². The standard InChI is InChI=1S/C23H22F2N4O2S/c1-14-3-2-4-15(11-14)12-20(30)29-9-7-16(8-10-29)22-27-28-23(32-22)21(31)26-19-6-5-17(24)13-18(19)25/h2-6,11,13,16H,7-10,12H2,1H3,(H,26,31). The van der Waals surface area contributed by atoms with Gasteiger partial charge in [-0.3, -0.25) is 9.59 Å². The lowest BCUT2D eigenvalue weighted by Crippen LogP contribution is -2.38.